The van der Waals surface area contributed by atoms with Crippen LogP contribution in [0.5, 0.6) is 5.75 Å². The summed E-state index contributed by atoms with van der Waals surface area (Å²) in [5.74, 6) is 4.12. The molecule has 0 radical (unpaired) electrons. The molecule has 1 nitrogen and oxygen atoms in total. The van der Waals surface area contributed by atoms with Crippen LogP contribution < -0.4 is 4.74 Å². The predicted molar refractivity (Wildman–Crippen MR) is 133 cm³/mol. The van der Waals surface area contributed by atoms with Gasteiger partial charge in [-0.2, -0.15) is 0 Å². The predicted octanol–water partition coefficient (Wildman–Crippen LogP) is 9.77. The Balaban J connectivity index is 1.25. The third-order valence-electron chi connectivity index (χ3n) is 8.63. The van der Waals surface area contributed by atoms with Crippen molar-refractivity contribution in [2.24, 2.45) is 23.7 Å². The summed E-state index contributed by atoms with van der Waals surface area (Å²) in [7, 11) is 0. The summed E-state index contributed by atoms with van der Waals surface area (Å²) in [5.41, 5.74) is 3.31. The first-order valence-electron chi connectivity index (χ1n) is 13.3. The van der Waals surface area contributed by atoms with Gasteiger partial charge in [0.25, 0.3) is 0 Å². The van der Waals surface area contributed by atoms with Gasteiger partial charge in [-0.15, -0.1) is 13.2 Å². The van der Waals surface area contributed by atoms with E-state index in [1.807, 2.05) is 0 Å². The molecule has 2 fully saturated rings. The van der Waals surface area contributed by atoms with Crippen LogP contribution in [0.15, 0.2) is 48.5 Å². The van der Waals surface area contributed by atoms with Gasteiger partial charge in [-0.1, -0.05) is 69.5 Å². The lowest BCUT2D eigenvalue weighted by molar-refractivity contribution is -0.274. The first-order valence-corrected chi connectivity index (χ1v) is 13.3. The molecule has 2 aliphatic rings. The molecular weight excluding hydrogens is 433 g/mol. The molecule has 0 bridgehead atoms. The second kappa shape index (κ2) is 11.2. The van der Waals surface area contributed by atoms with Crippen molar-refractivity contribution in [1.29, 1.82) is 0 Å². The average Bonchev–Trinajstić information content (AvgIpc) is 2.84. The molecular formula is C30H39F3O. The molecule has 2 aliphatic carbocycles. The van der Waals surface area contributed by atoms with Crippen LogP contribution in [0, 0.1) is 23.7 Å². The van der Waals surface area contributed by atoms with Gasteiger partial charge in [0.1, 0.15) is 5.75 Å². The number of hydrogen-bond donors (Lipinski definition) is 0. The Morgan fingerprint density at radius 3 is 1.82 bits per heavy atom. The van der Waals surface area contributed by atoms with Crippen molar-refractivity contribution in [3.05, 3.63) is 54.1 Å². The standard InChI is InChI=1S/C30H39F3O/c1-3-22-4-8-24(9-5-22)21(2)20-23-6-10-25(11-7-23)26-12-14-27(15-13-26)28-16-18-29(19-17-28)34-30(31,32)33/h12-19,21-25H,3-11,20H2,1-2H3. The number of ether oxygens (including phenoxy) is 1. The maximum absolute atomic E-state index is 12.4. The zero-order valence-corrected chi connectivity index (χ0v) is 20.6. The minimum Gasteiger partial charge on any atom is -0.406 e. The molecule has 4 rings (SSSR count). The van der Waals surface area contributed by atoms with Gasteiger partial charge in [0, 0.05) is 0 Å². The minimum absolute atomic E-state index is 0.187. The fourth-order valence-corrected chi connectivity index (χ4v) is 6.41. The molecule has 0 aliphatic heterocycles. The first kappa shape index (κ1) is 25.1. The number of rotatable bonds is 7. The summed E-state index contributed by atoms with van der Waals surface area (Å²) in [6.07, 6.45) is 9.08. The zero-order valence-electron chi connectivity index (χ0n) is 20.6. The molecule has 2 aromatic rings. The van der Waals surface area contributed by atoms with Gasteiger partial charge in [0.05, 0.1) is 0 Å². The third-order valence-corrected chi connectivity index (χ3v) is 8.63. The maximum atomic E-state index is 12.4. The fraction of sp³-hybridized carbons (Fsp3) is 0.600. The fourth-order valence-electron chi connectivity index (χ4n) is 6.41. The van der Waals surface area contributed by atoms with E-state index in [0.717, 1.165) is 34.8 Å². The van der Waals surface area contributed by atoms with E-state index in [4.69, 9.17) is 0 Å². The monoisotopic (exact) mass is 472 g/mol. The van der Waals surface area contributed by atoms with E-state index in [1.54, 1.807) is 12.1 Å². The smallest absolute Gasteiger partial charge is 0.406 e. The molecule has 0 spiro atoms. The van der Waals surface area contributed by atoms with Gasteiger partial charge < -0.3 is 4.74 Å². The Morgan fingerprint density at radius 1 is 0.765 bits per heavy atom. The second-order valence-electron chi connectivity index (χ2n) is 10.8. The minimum atomic E-state index is -4.66. The van der Waals surface area contributed by atoms with E-state index in [0.29, 0.717) is 5.92 Å². The van der Waals surface area contributed by atoms with Crippen LogP contribution in [0.1, 0.15) is 89.5 Å². The highest BCUT2D eigenvalue weighted by Crippen LogP contribution is 2.42. The summed E-state index contributed by atoms with van der Waals surface area (Å²) in [6.45, 7) is 4.85. The van der Waals surface area contributed by atoms with Crippen molar-refractivity contribution in [3.8, 4) is 16.9 Å². The summed E-state index contributed by atoms with van der Waals surface area (Å²) < 4.78 is 41.0. The van der Waals surface area contributed by atoms with Crippen LogP contribution in [-0.4, -0.2) is 6.36 Å². The summed E-state index contributed by atoms with van der Waals surface area (Å²) >= 11 is 0. The van der Waals surface area contributed by atoms with Crippen LogP contribution in [-0.2, 0) is 0 Å². The highest BCUT2D eigenvalue weighted by Gasteiger charge is 2.31. The van der Waals surface area contributed by atoms with Crippen molar-refractivity contribution in [3.63, 3.8) is 0 Å². The van der Waals surface area contributed by atoms with Crippen LogP contribution >= 0.6 is 0 Å². The normalized spacial score (nSPS) is 26.7. The SMILES string of the molecule is CCC1CCC(C(C)CC2CCC(c3ccc(-c4ccc(OC(F)(F)F)cc4)cc3)CC2)CC1. The van der Waals surface area contributed by atoms with Crippen molar-refractivity contribution >= 4 is 0 Å². The highest BCUT2D eigenvalue weighted by molar-refractivity contribution is 5.64. The molecule has 0 N–H and O–H groups in total. The van der Waals surface area contributed by atoms with E-state index in [1.165, 1.54) is 81.9 Å². The van der Waals surface area contributed by atoms with Gasteiger partial charge in [-0.3, -0.25) is 0 Å². The lowest BCUT2D eigenvalue weighted by atomic mass is 9.70. The Labute approximate surface area is 203 Å². The first-order chi connectivity index (χ1) is 16.3. The van der Waals surface area contributed by atoms with Gasteiger partial charge >= 0.3 is 6.36 Å². The topological polar surface area (TPSA) is 9.23 Å². The largest absolute Gasteiger partial charge is 0.573 e. The van der Waals surface area contributed by atoms with Gasteiger partial charge in [0.2, 0.25) is 0 Å². The average molecular weight is 473 g/mol. The molecule has 0 amide bonds. The van der Waals surface area contributed by atoms with Crippen molar-refractivity contribution in [1.82, 2.24) is 0 Å². The number of hydrogen-bond acceptors (Lipinski definition) is 1. The van der Waals surface area contributed by atoms with Crippen LogP contribution in [0.2, 0.25) is 0 Å². The molecule has 1 unspecified atom stereocenters. The van der Waals surface area contributed by atoms with Crippen LogP contribution in [0.3, 0.4) is 0 Å². The van der Waals surface area contributed by atoms with Gasteiger partial charge in [0.15, 0.2) is 0 Å². The quantitative estimate of drug-likeness (QED) is 0.390. The van der Waals surface area contributed by atoms with Crippen LogP contribution in [0.25, 0.3) is 11.1 Å². The summed E-state index contributed by atoms with van der Waals surface area (Å²) in [6, 6.07) is 14.7. The van der Waals surface area contributed by atoms with E-state index in [2.05, 4.69) is 42.8 Å². The van der Waals surface area contributed by atoms with Crippen LogP contribution in [0.4, 0.5) is 13.2 Å². The van der Waals surface area contributed by atoms with Gasteiger partial charge in [-0.05, 0) is 103 Å². The lowest BCUT2D eigenvalue weighted by Gasteiger charge is -2.35. The highest BCUT2D eigenvalue weighted by atomic mass is 19.4. The molecule has 34 heavy (non-hydrogen) atoms. The molecule has 1 atom stereocenters. The molecule has 4 heteroatoms. The molecule has 186 valence electrons. The molecule has 2 saturated carbocycles. The number of halogens is 3. The molecule has 2 aromatic carbocycles. The van der Waals surface area contributed by atoms with Crippen molar-refractivity contribution < 1.29 is 17.9 Å². The zero-order chi connectivity index (χ0) is 24.1. The molecule has 0 heterocycles. The Hall–Kier alpha value is -1.97. The van der Waals surface area contributed by atoms with E-state index >= 15 is 0 Å². The van der Waals surface area contributed by atoms with Crippen molar-refractivity contribution in [2.75, 3.05) is 0 Å². The second-order valence-corrected chi connectivity index (χ2v) is 10.8. The maximum Gasteiger partial charge on any atom is 0.573 e. The Kier molecular flexibility index (Phi) is 8.26. The number of benzene rings is 2. The summed E-state index contributed by atoms with van der Waals surface area (Å²) in [4.78, 5) is 0. The number of alkyl halides is 3. The molecule has 0 aromatic heterocycles. The summed E-state index contributed by atoms with van der Waals surface area (Å²) in [5, 5.41) is 0. The Morgan fingerprint density at radius 2 is 1.29 bits per heavy atom. The van der Waals surface area contributed by atoms with E-state index in [-0.39, 0.29) is 5.75 Å². The van der Waals surface area contributed by atoms with Crippen molar-refractivity contribution in [2.45, 2.75) is 90.3 Å². The van der Waals surface area contributed by atoms with E-state index in [9.17, 15) is 13.2 Å². The third kappa shape index (κ3) is 6.79. The Bertz CT molecular complexity index is 871. The van der Waals surface area contributed by atoms with Gasteiger partial charge in [-0.25, -0.2) is 0 Å². The molecule has 0 saturated heterocycles. The van der Waals surface area contributed by atoms with E-state index < -0.39 is 6.36 Å². The lowest BCUT2D eigenvalue weighted by Crippen LogP contribution is -2.23.